The van der Waals surface area contributed by atoms with E-state index < -0.39 is 0 Å². The molecule has 0 heterocycles. The Morgan fingerprint density at radius 1 is 0.523 bits per heavy atom. The number of aldehydes is 1. The number of carbonyl (C=O) groups is 1. The summed E-state index contributed by atoms with van der Waals surface area (Å²) < 4.78 is 1.17. The molecule has 1 unspecified atom stereocenters. The Bertz CT molecular complexity index is 1240. The molecule has 2 heteroatoms. The molecule has 44 heavy (non-hydrogen) atoms. The summed E-state index contributed by atoms with van der Waals surface area (Å²) in [7, 11) is 0. The molecular formula is C42H57BrO. The van der Waals surface area contributed by atoms with Crippen molar-refractivity contribution >= 4 is 22.2 Å². The molecule has 0 amide bonds. The topological polar surface area (TPSA) is 17.1 Å². The van der Waals surface area contributed by atoms with E-state index in [0.717, 1.165) is 11.8 Å². The highest BCUT2D eigenvalue weighted by Gasteiger charge is 2.28. The summed E-state index contributed by atoms with van der Waals surface area (Å²) in [6.07, 6.45) is 30.6. The smallest absolute Gasteiger partial charge is 0.150 e. The minimum Gasteiger partial charge on any atom is -0.298 e. The summed E-state index contributed by atoms with van der Waals surface area (Å²) in [5.74, 6) is 0.460. The maximum absolute atomic E-state index is 11.1. The van der Waals surface area contributed by atoms with Gasteiger partial charge in [0.05, 0.1) is 0 Å². The van der Waals surface area contributed by atoms with E-state index >= 15 is 0 Å². The molecule has 0 radical (unpaired) electrons. The molecule has 0 N–H and O–H groups in total. The summed E-state index contributed by atoms with van der Waals surface area (Å²) in [6.45, 7) is 2.30. The highest BCUT2D eigenvalue weighted by Crippen LogP contribution is 2.49. The van der Waals surface area contributed by atoms with Crippen LogP contribution in [0.2, 0.25) is 0 Å². The van der Waals surface area contributed by atoms with Gasteiger partial charge in [0.15, 0.2) is 0 Å². The van der Waals surface area contributed by atoms with Gasteiger partial charge in [-0.05, 0) is 58.0 Å². The molecule has 3 aromatic rings. The lowest BCUT2D eigenvalue weighted by Crippen LogP contribution is -1.98. The van der Waals surface area contributed by atoms with E-state index in [2.05, 4.69) is 71.4 Å². The Kier molecular flexibility index (Phi) is 15.8. The fourth-order valence-corrected chi connectivity index (χ4v) is 7.56. The van der Waals surface area contributed by atoms with Crippen LogP contribution in [0.1, 0.15) is 169 Å². The molecule has 0 saturated carbocycles. The van der Waals surface area contributed by atoms with Crippen molar-refractivity contribution in [3.05, 3.63) is 81.8 Å². The summed E-state index contributed by atoms with van der Waals surface area (Å²) in [6, 6.07) is 21.7. The monoisotopic (exact) mass is 656 g/mol. The Balaban J connectivity index is 1.09. The molecule has 3 aromatic carbocycles. The van der Waals surface area contributed by atoms with Crippen molar-refractivity contribution in [2.24, 2.45) is 0 Å². The third-order valence-electron chi connectivity index (χ3n) is 9.83. The number of fused-ring (bicyclic) bond motifs is 3. The number of unbranched alkanes of at least 4 members (excludes halogenated alkanes) is 19. The summed E-state index contributed by atoms with van der Waals surface area (Å²) in [5, 5.41) is 0. The number of rotatable bonds is 23. The number of hydrogen-bond acceptors (Lipinski definition) is 1. The molecule has 238 valence electrons. The van der Waals surface area contributed by atoms with Crippen molar-refractivity contribution in [3.8, 4) is 22.3 Å². The first-order valence-electron chi connectivity index (χ1n) is 18.2. The summed E-state index contributed by atoms with van der Waals surface area (Å²) >= 11 is 3.73. The zero-order chi connectivity index (χ0) is 30.8. The normalized spacial score (nSPS) is 13.6. The number of hydrogen-bond donors (Lipinski definition) is 0. The maximum atomic E-state index is 11.1. The second-order valence-electron chi connectivity index (χ2n) is 13.3. The lowest BCUT2D eigenvalue weighted by atomic mass is 9.89. The van der Waals surface area contributed by atoms with Crippen LogP contribution in [0.25, 0.3) is 22.3 Å². The SMILES string of the molecule is CCCCCCCCCCCCCCCCCCCCCCC1c2cc(Br)ccc2-c2ccc(-c3ccc(C=O)cc3)cc21. The zero-order valence-corrected chi connectivity index (χ0v) is 29.1. The van der Waals surface area contributed by atoms with Crippen molar-refractivity contribution in [1.29, 1.82) is 0 Å². The first-order valence-corrected chi connectivity index (χ1v) is 19.0. The van der Waals surface area contributed by atoms with E-state index in [1.807, 2.05) is 12.1 Å². The van der Waals surface area contributed by atoms with Crippen LogP contribution < -0.4 is 0 Å². The molecule has 1 nitrogen and oxygen atoms in total. The molecule has 0 saturated heterocycles. The molecule has 4 rings (SSSR count). The average molecular weight is 658 g/mol. The van der Waals surface area contributed by atoms with Gasteiger partial charge in [-0.1, -0.05) is 194 Å². The molecule has 0 bridgehead atoms. The van der Waals surface area contributed by atoms with Gasteiger partial charge < -0.3 is 0 Å². The van der Waals surface area contributed by atoms with Gasteiger partial charge in [-0.15, -0.1) is 0 Å². The van der Waals surface area contributed by atoms with Crippen LogP contribution in [-0.4, -0.2) is 6.29 Å². The molecule has 0 spiro atoms. The maximum Gasteiger partial charge on any atom is 0.150 e. The zero-order valence-electron chi connectivity index (χ0n) is 27.6. The molecule has 1 aliphatic carbocycles. The van der Waals surface area contributed by atoms with Crippen molar-refractivity contribution in [2.75, 3.05) is 0 Å². The molecule has 0 fully saturated rings. The van der Waals surface area contributed by atoms with Crippen LogP contribution >= 0.6 is 15.9 Å². The third-order valence-corrected chi connectivity index (χ3v) is 10.3. The van der Waals surface area contributed by atoms with Gasteiger partial charge in [0.2, 0.25) is 0 Å². The Labute approximate surface area is 277 Å². The van der Waals surface area contributed by atoms with Crippen molar-refractivity contribution in [1.82, 2.24) is 0 Å². The van der Waals surface area contributed by atoms with E-state index in [0.29, 0.717) is 5.92 Å². The van der Waals surface area contributed by atoms with Gasteiger partial charge in [-0.3, -0.25) is 4.79 Å². The second-order valence-corrected chi connectivity index (χ2v) is 14.2. The van der Waals surface area contributed by atoms with Crippen molar-refractivity contribution in [3.63, 3.8) is 0 Å². The van der Waals surface area contributed by atoms with Gasteiger partial charge in [-0.25, -0.2) is 0 Å². The minimum absolute atomic E-state index is 0.460. The first kappa shape index (κ1) is 34.7. The largest absolute Gasteiger partial charge is 0.298 e. The standard InChI is InChI=1S/C42H57BrO/c1-2-3-4-5-6-7-8-9-10-11-12-13-14-15-16-17-18-19-20-21-22-38-41-31-36(35-25-23-34(33-44)24-26-35)27-29-39(41)40-30-28-37(43)32-42(38)40/h23-33,38H,2-22H2,1H3. The predicted octanol–water partition coefficient (Wildman–Crippen LogP) is 14.3. The molecule has 0 aromatic heterocycles. The lowest BCUT2D eigenvalue weighted by molar-refractivity contribution is 0.112. The number of benzene rings is 3. The Morgan fingerprint density at radius 2 is 0.955 bits per heavy atom. The number of halogens is 1. The Hall–Kier alpha value is -2.19. The highest BCUT2D eigenvalue weighted by atomic mass is 79.9. The highest BCUT2D eigenvalue weighted by molar-refractivity contribution is 9.10. The van der Waals surface area contributed by atoms with Crippen LogP contribution in [-0.2, 0) is 0 Å². The molecule has 1 aliphatic rings. The van der Waals surface area contributed by atoms with E-state index in [1.54, 1.807) is 0 Å². The second kappa shape index (κ2) is 20.0. The van der Waals surface area contributed by atoms with Crippen LogP contribution in [0.4, 0.5) is 0 Å². The lowest BCUT2D eigenvalue weighted by Gasteiger charge is -2.15. The molecular weight excluding hydrogens is 600 g/mol. The molecule has 1 atom stereocenters. The van der Waals surface area contributed by atoms with Gasteiger partial charge in [0.25, 0.3) is 0 Å². The number of carbonyl (C=O) groups excluding carboxylic acids is 1. The summed E-state index contributed by atoms with van der Waals surface area (Å²) in [5.41, 5.74) is 8.86. The van der Waals surface area contributed by atoms with Crippen LogP contribution in [0.3, 0.4) is 0 Å². The minimum atomic E-state index is 0.460. The first-order chi connectivity index (χ1) is 21.7. The Morgan fingerprint density at radius 3 is 1.45 bits per heavy atom. The van der Waals surface area contributed by atoms with Crippen LogP contribution in [0.15, 0.2) is 65.1 Å². The van der Waals surface area contributed by atoms with Gasteiger partial charge in [-0.2, -0.15) is 0 Å². The molecule has 0 aliphatic heterocycles. The van der Waals surface area contributed by atoms with Gasteiger partial charge >= 0.3 is 0 Å². The van der Waals surface area contributed by atoms with Crippen LogP contribution in [0.5, 0.6) is 0 Å². The van der Waals surface area contributed by atoms with E-state index in [1.165, 1.54) is 173 Å². The quantitative estimate of drug-likeness (QED) is 0.0733. The van der Waals surface area contributed by atoms with Crippen molar-refractivity contribution < 1.29 is 4.79 Å². The average Bonchev–Trinajstić information content (AvgIpc) is 3.35. The summed E-state index contributed by atoms with van der Waals surface area (Å²) in [4.78, 5) is 11.1. The fraction of sp³-hybridized carbons (Fsp3) is 0.548. The van der Waals surface area contributed by atoms with Crippen LogP contribution in [0, 0.1) is 0 Å². The van der Waals surface area contributed by atoms with Gasteiger partial charge in [0, 0.05) is 16.0 Å². The third kappa shape index (κ3) is 11.0. The van der Waals surface area contributed by atoms with E-state index in [4.69, 9.17) is 0 Å². The van der Waals surface area contributed by atoms with E-state index in [9.17, 15) is 4.79 Å². The van der Waals surface area contributed by atoms with Gasteiger partial charge in [0.1, 0.15) is 6.29 Å². The van der Waals surface area contributed by atoms with E-state index in [-0.39, 0.29) is 0 Å². The fourth-order valence-electron chi connectivity index (χ4n) is 7.18. The predicted molar refractivity (Wildman–Crippen MR) is 195 cm³/mol. The van der Waals surface area contributed by atoms with Crippen molar-refractivity contribution in [2.45, 2.75) is 148 Å².